The van der Waals surface area contributed by atoms with Crippen molar-refractivity contribution in [1.29, 1.82) is 0 Å². The molecule has 3 N–H and O–H groups in total. The van der Waals surface area contributed by atoms with Gasteiger partial charge in [-0.25, -0.2) is 8.42 Å². The van der Waals surface area contributed by atoms with Crippen molar-refractivity contribution in [3.63, 3.8) is 0 Å². The van der Waals surface area contributed by atoms with Gasteiger partial charge in [0, 0.05) is 24.7 Å². The van der Waals surface area contributed by atoms with Gasteiger partial charge in [-0.1, -0.05) is 37.8 Å². The van der Waals surface area contributed by atoms with Crippen molar-refractivity contribution < 1.29 is 13.2 Å². The molecule has 8 heteroatoms. The lowest BCUT2D eigenvalue weighted by molar-refractivity contribution is -0.121. The van der Waals surface area contributed by atoms with E-state index in [1.165, 1.54) is 44.6 Å². The normalized spacial score (nSPS) is 21.9. The monoisotopic (exact) mass is 392 g/mol. The Morgan fingerprint density at radius 3 is 2.63 bits per heavy atom. The van der Waals surface area contributed by atoms with E-state index in [-0.39, 0.29) is 16.6 Å². The van der Waals surface area contributed by atoms with Gasteiger partial charge in [-0.3, -0.25) is 14.5 Å². The molecule has 27 heavy (non-hydrogen) atoms. The summed E-state index contributed by atoms with van der Waals surface area (Å²) in [6.45, 7) is 2.93. The number of amides is 1. The van der Waals surface area contributed by atoms with E-state index < -0.39 is 16.1 Å². The number of fused-ring (bicyclic) bond motifs is 1. The molecule has 1 amide bonds. The second kappa shape index (κ2) is 8.84. The van der Waals surface area contributed by atoms with Crippen LogP contribution in [0, 0.1) is 0 Å². The van der Waals surface area contributed by atoms with Crippen LogP contribution in [0.25, 0.3) is 0 Å². The van der Waals surface area contributed by atoms with E-state index in [2.05, 4.69) is 20.3 Å². The van der Waals surface area contributed by atoms with Gasteiger partial charge in [-0.2, -0.15) is 0 Å². The first-order valence-corrected chi connectivity index (χ1v) is 11.2. The SMILES string of the molecule is CC(N=C1NS(=O)(=O)c2ccccc21)C(=O)NCCNC1CCCCCC1. The van der Waals surface area contributed by atoms with Gasteiger partial charge in [-0.15, -0.1) is 0 Å². The topological polar surface area (TPSA) is 99.7 Å². The van der Waals surface area contributed by atoms with Crippen LogP contribution < -0.4 is 15.4 Å². The van der Waals surface area contributed by atoms with Gasteiger partial charge in [0.2, 0.25) is 5.91 Å². The molecule has 2 aliphatic rings. The van der Waals surface area contributed by atoms with E-state index in [0.717, 1.165) is 6.54 Å². The predicted octanol–water partition coefficient (Wildman–Crippen LogP) is 1.54. The molecule has 1 aromatic rings. The first-order valence-electron chi connectivity index (χ1n) is 9.68. The number of rotatable bonds is 6. The lowest BCUT2D eigenvalue weighted by atomic mass is 10.1. The Morgan fingerprint density at radius 2 is 1.89 bits per heavy atom. The van der Waals surface area contributed by atoms with E-state index in [1.807, 2.05) is 0 Å². The third-order valence-electron chi connectivity index (χ3n) is 5.08. The van der Waals surface area contributed by atoms with Gasteiger partial charge in [0.1, 0.15) is 11.9 Å². The summed E-state index contributed by atoms with van der Waals surface area (Å²) >= 11 is 0. The highest BCUT2D eigenvalue weighted by atomic mass is 32.2. The summed E-state index contributed by atoms with van der Waals surface area (Å²) in [5.41, 5.74) is 0.507. The van der Waals surface area contributed by atoms with Crippen molar-refractivity contribution in [3.8, 4) is 0 Å². The van der Waals surface area contributed by atoms with Crippen molar-refractivity contribution >= 4 is 21.8 Å². The molecule has 1 atom stereocenters. The molecular formula is C19H28N4O3S. The molecule has 0 saturated heterocycles. The number of aliphatic imine (C=N–C) groups is 1. The first kappa shape index (κ1) is 19.8. The number of hydrogen-bond acceptors (Lipinski definition) is 5. The van der Waals surface area contributed by atoms with Crippen LogP contribution in [0.2, 0.25) is 0 Å². The zero-order valence-corrected chi connectivity index (χ0v) is 16.5. The summed E-state index contributed by atoms with van der Waals surface area (Å²) in [6, 6.07) is 6.51. The molecule has 7 nitrogen and oxygen atoms in total. The number of hydrogen-bond donors (Lipinski definition) is 3. The molecule has 1 aromatic carbocycles. The van der Waals surface area contributed by atoms with Crippen LogP contribution in [0.4, 0.5) is 0 Å². The van der Waals surface area contributed by atoms with E-state index in [0.29, 0.717) is 18.2 Å². The fraction of sp³-hybridized carbons (Fsp3) is 0.579. The highest BCUT2D eigenvalue weighted by Crippen LogP contribution is 2.22. The second-order valence-corrected chi connectivity index (χ2v) is 8.84. The number of nitrogens with one attached hydrogen (secondary N) is 3. The minimum absolute atomic E-state index is 0.198. The first-order chi connectivity index (χ1) is 13.0. The second-order valence-electron chi connectivity index (χ2n) is 7.19. The minimum Gasteiger partial charge on any atom is -0.353 e. The third kappa shape index (κ3) is 5.07. The molecule has 1 fully saturated rings. The highest BCUT2D eigenvalue weighted by molar-refractivity contribution is 7.90. The van der Waals surface area contributed by atoms with E-state index in [1.54, 1.807) is 25.1 Å². The van der Waals surface area contributed by atoms with Crippen LogP contribution in [-0.2, 0) is 14.8 Å². The zero-order valence-electron chi connectivity index (χ0n) is 15.7. The Hall–Kier alpha value is -1.93. The lowest BCUT2D eigenvalue weighted by Crippen LogP contribution is -2.40. The van der Waals surface area contributed by atoms with Crippen LogP contribution in [0.5, 0.6) is 0 Å². The summed E-state index contributed by atoms with van der Waals surface area (Å²) in [4.78, 5) is 16.8. The van der Waals surface area contributed by atoms with Gasteiger partial charge in [-0.05, 0) is 31.9 Å². The molecule has 0 spiro atoms. The summed E-state index contributed by atoms with van der Waals surface area (Å²) in [5.74, 6) is 0.0126. The summed E-state index contributed by atoms with van der Waals surface area (Å²) in [5, 5.41) is 6.38. The van der Waals surface area contributed by atoms with E-state index >= 15 is 0 Å². The Labute approximate surface area is 161 Å². The average molecular weight is 393 g/mol. The fourth-order valence-electron chi connectivity index (χ4n) is 3.58. The number of nitrogens with zero attached hydrogens (tertiary/aromatic N) is 1. The fourth-order valence-corrected chi connectivity index (χ4v) is 4.81. The van der Waals surface area contributed by atoms with Gasteiger partial charge < -0.3 is 10.6 Å². The van der Waals surface area contributed by atoms with Gasteiger partial charge >= 0.3 is 0 Å². The summed E-state index contributed by atoms with van der Waals surface area (Å²) < 4.78 is 26.6. The van der Waals surface area contributed by atoms with E-state index in [4.69, 9.17) is 0 Å². The molecule has 1 heterocycles. The van der Waals surface area contributed by atoms with E-state index in [9.17, 15) is 13.2 Å². The molecule has 3 rings (SSSR count). The molecule has 0 radical (unpaired) electrons. The van der Waals surface area contributed by atoms with Crippen molar-refractivity contribution in [2.24, 2.45) is 4.99 Å². The number of carbonyl (C=O) groups excluding carboxylic acids is 1. The number of benzene rings is 1. The maximum atomic E-state index is 12.3. The highest BCUT2D eigenvalue weighted by Gasteiger charge is 2.31. The quantitative estimate of drug-likeness (QED) is 0.505. The van der Waals surface area contributed by atoms with Crippen LogP contribution in [0.15, 0.2) is 34.2 Å². The van der Waals surface area contributed by atoms with Gasteiger partial charge in [0.25, 0.3) is 10.0 Å². The molecule has 0 bridgehead atoms. The van der Waals surface area contributed by atoms with Crippen molar-refractivity contribution in [2.75, 3.05) is 13.1 Å². The minimum atomic E-state index is -3.58. The summed E-state index contributed by atoms with van der Waals surface area (Å²) in [6.07, 6.45) is 7.60. The van der Waals surface area contributed by atoms with Crippen LogP contribution >= 0.6 is 0 Å². The smallest absolute Gasteiger partial charge is 0.263 e. The molecule has 148 valence electrons. The number of sulfonamides is 1. The molecule has 0 aromatic heterocycles. The maximum absolute atomic E-state index is 12.3. The van der Waals surface area contributed by atoms with Gasteiger partial charge in [0.05, 0.1) is 4.90 Å². The van der Waals surface area contributed by atoms with Crippen molar-refractivity contribution in [2.45, 2.75) is 62.4 Å². The zero-order chi connectivity index (χ0) is 19.3. The molecule has 1 aliphatic carbocycles. The predicted molar refractivity (Wildman–Crippen MR) is 105 cm³/mol. The van der Waals surface area contributed by atoms with Crippen molar-refractivity contribution in [3.05, 3.63) is 29.8 Å². The molecule has 1 aliphatic heterocycles. The lowest BCUT2D eigenvalue weighted by Gasteiger charge is -2.16. The van der Waals surface area contributed by atoms with Crippen LogP contribution in [-0.4, -0.2) is 45.3 Å². The van der Waals surface area contributed by atoms with Crippen LogP contribution in [0.1, 0.15) is 51.0 Å². The largest absolute Gasteiger partial charge is 0.353 e. The Morgan fingerprint density at radius 1 is 1.19 bits per heavy atom. The maximum Gasteiger partial charge on any atom is 0.263 e. The molecule has 1 saturated carbocycles. The van der Waals surface area contributed by atoms with Crippen LogP contribution in [0.3, 0.4) is 0 Å². The Bertz CT molecular complexity index is 799. The Kier molecular flexibility index (Phi) is 6.49. The molecular weight excluding hydrogens is 364 g/mol. The number of carbonyl (C=O) groups is 1. The van der Waals surface area contributed by atoms with Gasteiger partial charge in [0.15, 0.2) is 0 Å². The average Bonchev–Trinajstić information content (AvgIpc) is 2.82. The third-order valence-corrected chi connectivity index (χ3v) is 6.47. The molecule has 1 unspecified atom stereocenters. The standard InChI is InChI=1S/C19H28N4O3S/c1-14(19(24)21-13-12-20-15-8-4-2-3-5-9-15)22-18-16-10-6-7-11-17(16)27(25,26)23-18/h6-7,10-11,14-15,20H,2-5,8-9,12-13H2,1H3,(H,21,24)(H,22,23). The van der Waals surface area contributed by atoms with Crippen molar-refractivity contribution in [1.82, 2.24) is 15.4 Å². The number of amidine groups is 1. The summed E-state index contributed by atoms with van der Waals surface area (Å²) in [7, 11) is -3.58. The Balaban J connectivity index is 1.50.